The van der Waals surface area contributed by atoms with Gasteiger partial charge in [-0.05, 0) is 36.5 Å². The monoisotopic (exact) mass is 317 g/mol. The van der Waals surface area contributed by atoms with Crippen LogP contribution < -0.4 is 5.73 Å². The van der Waals surface area contributed by atoms with Crippen molar-refractivity contribution in [3.05, 3.63) is 33.8 Å². The van der Waals surface area contributed by atoms with Gasteiger partial charge in [0, 0.05) is 10.5 Å². The number of benzene rings is 1. The molecule has 1 fully saturated rings. The Hall–Kier alpha value is -0.390. The highest BCUT2D eigenvalue weighted by molar-refractivity contribution is 9.10. The quantitative estimate of drug-likeness (QED) is 0.909. The van der Waals surface area contributed by atoms with Crippen molar-refractivity contribution in [2.45, 2.75) is 19.4 Å². The summed E-state index contributed by atoms with van der Waals surface area (Å²) < 4.78 is 23.9. The zero-order chi connectivity index (χ0) is 12.6. The molecule has 1 heterocycles. The van der Waals surface area contributed by atoms with Crippen molar-refractivity contribution >= 4 is 25.8 Å². The Kier molecular flexibility index (Phi) is 3.61. The number of hydrogen-bond acceptors (Lipinski definition) is 3. The second kappa shape index (κ2) is 4.71. The van der Waals surface area contributed by atoms with E-state index in [2.05, 4.69) is 15.9 Å². The molecule has 1 aromatic carbocycles. The average molecular weight is 318 g/mol. The number of aryl methyl sites for hydroxylation is 1. The number of rotatable bonds is 2. The van der Waals surface area contributed by atoms with Crippen molar-refractivity contribution in [3.8, 4) is 0 Å². The first-order valence-corrected chi connectivity index (χ1v) is 8.22. The van der Waals surface area contributed by atoms with E-state index in [0.717, 1.165) is 15.6 Å². The minimum absolute atomic E-state index is 0.0407. The molecular formula is C12H16BrNO2S. The number of halogens is 1. The summed E-state index contributed by atoms with van der Waals surface area (Å²) in [7, 11) is -2.86. The number of nitrogens with two attached hydrogens (primary N) is 1. The van der Waals surface area contributed by atoms with Gasteiger partial charge in [0.15, 0.2) is 9.84 Å². The first-order valence-electron chi connectivity index (χ1n) is 5.61. The van der Waals surface area contributed by atoms with Crippen LogP contribution in [0.15, 0.2) is 22.7 Å². The van der Waals surface area contributed by atoms with Crippen LogP contribution in [0, 0.1) is 12.8 Å². The van der Waals surface area contributed by atoms with Gasteiger partial charge in [-0.15, -0.1) is 0 Å². The van der Waals surface area contributed by atoms with Crippen molar-refractivity contribution in [1.82, 2.24) is 0 Å². The zero-order valence-electron chi connectivity index (χ0n) is 9.69. The highest BCUT2D eigenvalue weighted by atomic mass is 79.9. The maximum atomic E-state index is 11.4. The lowest BCUT2D eigenvalue weighted by molar-refractivity contribution is 0.478. The molecule has 3 nitrogen and oxygen atoms in total. The van der Waals surface area contributed by atoms with E-state index in [1.165, 1.54) is 0 Å². The molecule has 2 unspecified atom stereocenters. The maximum Gasteiger partial charge on any atom is 0.150 e. The van der Waals surface area contributed by atoms with Gasteiger partial charge in [0.05, 0.1) is 11.5 Å². The van der Waals surface area contributed by atoms with Crippen LogP contribution in [0.1, 0.15) is 23.6 Å². The van der Waals surface area contributed by atoms with Gasteiger partial charge in [0.1, 0.15) is 0 Å². The van der Waals surface area contributed by atoms with E-state index in [1.807, 2.05) is 25.1 Å². The molecule has 0 spiro atoms. The molecule has 2 atom stereocenters. The fraction of sp³-hybridized carbons (Fsp3) is 0.500. The van der Waals surface area contributed by atoms with Gasteiger partial charge in [0.2, 0.25) is 0 Å². The third kappa shape index (κ3) is 2.89. The van der Waals surface area contributed by atoms with Crippen LogP contribution in [-0.2, 0) is 9.84 Å². The molecule has 5 heteroatoms. The standard InChI is InChI=1S/C12H16BrNO2S/c1-8-2-3-10(11(13)6-8)12(14)9-4-5-17(15,16)7-9/h2-3,6,9,12H,4-5,7,14H2,1H3. The van der Waals surface area contributed by atoms with E-state index in [-0.39, 0.29) is 23.5 Å². The molecule has 1 saturated heterocycles. The molecule has 2 N–H and O–H groups in total. The molecule has 1 aromatic rings. The fourth-order valence-electron chi connectivity index (χ4n) is 2.26. The minimum atomic E-state index is -2.86. The van der Waals surface area contributed by atoms with E-state index in [0.29, 0.717) is 6.42 Å². The molecule has 2 rings (SSSR count). The van der Waals surface area contributed by atoms with Gasteiger partial charge >= 0.3 is 0 Å². The molecule has 1 aliphatic rings. The van der Waals surface area contributed by atoms with Gasteiger partial charge in [-0.3, -0.25) is 0 Å². The number of hydrogen-bond donors (Lipinski definition) is 1. The summed E-state index contributed by atoms with van der Waals surface area (Å²) in [6.45, 7) is 2.01. The molecule has 0 radical (unpaired) electrons. The third-order valence-corrected chi connectivity index (χ3v) is 5.77. The van der Waals surface area contributed by atoms with Gasteiger partial charge in [-0.1, -0.05) is 28.1 Å². The van der Waals surface area contributed by atoms with Crippen LogP contribution in [0.4, 0.5) is 0 Å². The second-order valence-corrected chi connectivity index (χ2v) is 7.80. The zero-order valence-corrected chi connectivity index (χ0v) is 12.1. The minimum Gasteiger partial charge on any atom is -0.324 e. The lowest BCUT2D eigenvalue weighted by Crippen LogP contribution is -2.22. The van der Waals surface area contributed by atoms with Crippen molar-refractivity contribution in [1.29, 1.82) is 0 Å². The van der Waals surface area contributed by atoms with Crippen molar-refractivity contribution in [3.63, 3.8) is 0 Å². The SMILES string of the molecule is Cc1ccc(C(N)C2CCS(=O)(=O)C2)c(Br)c1. The normalized spacial score (nSPS) is 24.8. The molecule has 17 heavy (non-hydrogen) atoms. The van der Waals surface area contributed by atoms with Crippen LogP contribution in [-0.4, -0.2) is 19.9 Å². The third-order valence-electron chi connectivity index (χ3n) is 3.29. The molecule has 0 saturated carbocycles. The summed E-state index contributed by atoms with van der Waals surface area (Å²) in [5.41, 5.74) is 8.33. The molecule has 0 aliphatic carbocycles. The maximum absolute atomic E-state index is 11.4. The predicted octanol–water partition coefficient (Wildman–Crippen LogP) is 2.19. The summed E-state index contributed by atoms with van der Waals surface area (Å²) in [6.07, 6.45) is 0.670. The van der Waals surface area contributed by atoms with Crippen molar-refractivity contribution in [2.24, 2.45) is 11.7 Å². The van der Waals surface area contributed by atoms with Gasteiger partial charge in [-0.25, -0.2) is 8.42 Å². The fourth-order valence-corrected chi connectivity index (χ4v) is 4.88. The Bertz CT molecular complexity index is 527. The summed E-state index contributed by atoms with van der Waals surface area (Å²) in [5, 5.41) is 0. The summed E-state index contributed by atoms with van der Waals surface area (Å²) >= 11 is 3.49. The van der Waals surface area contributed by atoms with Gasteiger partial charge in [0.25, 0.3) is 0 Å². The van der Waals surface area contributed by atoms with Crippen molar-refractivity contribution in [2.75, 3.05) is 11.5 Å². The van der Waals surface area contributed by atoms with Crippen LogP contribution in [0.2, 0.25) is 0 Å². The van der Waals surface area contributed by atoms with E-state index in [4.69, 9.17) is 5.73 Å². The van der Waals surface area contributed by atoms with Crippen molar-refractivity contribution < 1.29 is 8.42 Å². The Morgan fingerprint density at radius 1 is 1.47 bits per heavy atom. The molecular weight excluding hydrogens is 302 g/mol. The lowest BCUT2D eigenvalue weighted by atomic mass is 9.93. The highest BCUT2D eigenvalue weighted by Crippen LogP contribution is 2.33. The predicted molar refractivity (Wildman–Crippen MR) is 72.6 cm³/mol. The Balaban J connectivity index is 2.23. The van der Waals surface area contributed by atoms with Crippen LogP contribution in [0.3, 0.4) is 0 Å². The van der Waals surface area contributed by atoms with E-state index < -0.39 is 9.84 Å². The van der Waals surface area contributed by atoms with E-state index in [9.17, 15) is 8.42 Å². The smallest absolute Gasteiger partial charge is 0.150 e. The highest BCUT2D eigenvalue weighted by Gasteiger charge is 2.33. The van der Waals surface area contributed by atoms with Crippen LogP contribution in [0.25, 0.3) is 0 Å². The van der Waals surface area contributed by atoms with Crippen LogP contribution in [0.5, 0.6) is 0 Å². The van der Waals surface area contributed by atoms with Gasteiger partial charge < -0.3 is 5.73 Å². The first kappa shape index (κ1) is 13.1. The molecule has 0 aromatic heterocycles. The van der Waals surface area contributed by atoms with E-state index in [1.54, 1.807) is 0 Å². The molecule has 94 valence electrons. The molecule has 0 bridgehead atoms. The topological polar surface area (TPSA) is 60.2 Å². The summed E-state index contributed by atoms with van der Waals surface area (Å²) in [6, 6.07) is 5.79. The molecule has 0 amide bonds. The second-order valence-electron chi connectivity index (χ2n) is 4.71. The van der Waals surface area contributed by atoms with E-state index >= 15 is 0 Å². The average Bonchev–Trinajstić information content (AvgIpc) is 2.58. The van der Waals surface area contributed by atoms with Crippen LogP contribution >= 0.6 is 15.9 Å². The number of sulfone groups is 1. The Morgan fingerprint density at radius 3 is 2.71 bits per heavy atom. The Morgan fingerprint density at radius 2 is 2.18 bits per heavy atom. The molecule has 1 aliphatic heterocycles. The lowest BCUT2D eigenvalue weighted by Gasteiger charge is -2.19. The summed E-state index contributed by atoms with van der Waals surface area (Å²) in [5.74, 6) is 0.530. The van der Waals surface area contributed by atoms with Gasteiger partial charge in [-0.2, -0.15) is 0 Å². The largest absolute Gasteiger partial charge is 0.324 e. The first-order chi connectivity index (χ1) is 7.89. The Labute approximate surface area is 110 Å². The summed E-state index contributed by atoms with van der Waals surface area (Å²) in [4.78, 5) is 0.